The van der Waals surface area contributed by atoms with E-state index in [4.69, 9.17) is 0 Å². The summed E-state index contributed by atoms with van der Waals surface area (Å²) >= 11 is 0. The lowest BCUT2D eigenvalue weighted by molar-refractivity contribution is -0.146. The van der Waals surface area contributed by atoms with Crippen LogP contribution in [-0.4, -0.2) is 36.2 Å². The van der Waals surface area contributed by atoms with Crippen LogP contribution in [0.2, 0.25) is 0 Å². The second-order valence-electron chi connectivity index (χ2n) is 4.82. The summed E-state index contributed by atoms with van der Waals surface area (Å²) in [6.45, 7) is 6.07. The van der Waals surface area contributed by atoms with Crippen molar-refractivity contribution in [2.45, 2.75) is 45.6 Å². The summed E-state index contributed by atoms with van der Waals surface area (Å²) in [5, 5.41) is 12.1. The summed E-state index contributed by atoms with van der Waals surface area (Å²) in [5.74, 6) is -0.770. The standard InChI is InChI=1S/C12H23NO4/c1-9(2)5-7-12(3,11(15)16)13-8-6-10(14)17-4/h9,13H,5-8H2,1-4H3,(H,15,16). The van der Waals surface area contributed by atoms with Gasteiger partial charge in [0.2, 0.25) is 0 Å². The molecule has 0 aromatic rings. The Balaban J connectivity index is 4.22. The van der Waals surface area contributed by atoms with Crippen LogP contribution in [0.3, 0.4) is 0 Å². The molecule has 0 spiro atoms. The molecule has 2 N–H and O–H groups in total. The molecule has 0 saturated carbocycles. The van der Waals surface area contributed by atoms with Gasteiger partial charge >= 0.3 is 11.9 Å². The van der Waals surface area contributed by atoms with Crippen LogP contribution in [0.4, 0.5) is 0 Å². The van der Waals surface area contributed by atoms with Gasteiger partial charge in [0.05, 0.1) is 13.5 Å². The van der Waals surface area contributed by atoms with Gasteiger partial charge in [-0.25, -0.2) is 0 Å². The van der Waals surface area contributed by atoms with Crippen LogP contribution in [0.15, 0.2) is 0 Å². The van der Waals surface area contributed by atoms with Crippen LogP contribution < -0.4 is 5.32 Å². The fourth-order valence-corrected chi connectivity index (χ4v) is 1.39. The van der Waals surface area contributed by atoms with Gasteiger partial charge in [-0.1, -0.05) is 13.8 Å². The van der Waals surface area contributed by atoms with Crippen molar-refractivity contribution in [3.63, 3.8) is 0 Å². The van der Waals surface area contributed by atoms with Crippen molar-refractivity contribution in [2.24, 2.45) is 5.92 Å². The zero-order valence-electron chi connectivity index (χ0n) is 11.1. The molecule has 0 radical (unpaired) electrons. The Morgan fingerprint density at radius 2 is 2.00 bits per heavy atom. The van der Waals surface area contributed by atoms with E-state index in [9.17, 15) is 14.7 Å². The van der Waals surface area contributed by atoms with Gasteiger partial charge in [-0.3, -0.25) is 9.59 Å². The highest BCUT2D eigenvalue weighted by Gasteiger charge is 2.32. The van der Waals surface area contributed by atoms with E-state index in [0.29, 0.717) is 18.9 Å². The fraction of sp³-hybridized carbons (Fsp3) is 0.833. The lowest BCUT2D eigenvalue weighted by Crippen LogP contribution is -2.50. The molecule has 0 aromatic carbocycles. The predicted molar refractivity (Wildman–Crippen MR) is 64.7 cm³/mol. The molecule has 5 heteroatoms. The van der Waals surface area contributed by atoms with Crippen molar-refractivity contribution in [1.29, 1.82) is 0 Å². The van der Waals surface area contributed by atoms with Gasteiger partial charge in [0, 0.05) is 6.54 Å². The largest absolute Gasteiger partial charge is 0.480 e. The van der Waals surface area contributed by atoms with E-state index >= 15 is 0 Å². The highest BCUT2D eigenvalue weighted by Crippen LogP contribution is 2.17. The smallest absolute Gasteiger partial charge is 0.323 e. The maximum Gasteiger partial charge on any atom is 0.323 e. The number of carbonyl (C=O) groups is 2. The number of hydrogen-bond acceptors (Lipinski definition) is 4. The molecule has 0 saturated heterocycles. The predicted octanol–water partition coefficient (Wildman–Crippen LogP) is 1.42. The quantitative estimate of drug-likeness (QED) is 0.632. The van der Waals surface area contributed by atoms with E-state index in [0.717, 1.165) is 6.42 Å². The van der Waals surface area contributed by atoms with Crippen LogP contribution in [0.5, 0.6) is 0 Å². The molecule has 0 rings (SSSR count). The molecule has 0 aliphatic rings. The average Bonchev–Trinajstić information content (AvgIpc) is 2.25. The van der Waals surface area contributed by atoms with E-state index in [-0.39, 0.29) is 12.4 Å². The van der Waals surface area contributed by atoms with Crippen molar-refractivity contribution < 1.29 is 19.4 Å². The lowest BCUT2D eigenvalue weighted by Gasteiger charge is -2.27. The molecule has 0 amide bonds. The number of rotatable bonds is 8. The molecule has 17 heavy (non-hydrogen) atoms. The van der Waals surface area contributed by atoms with Crippen LogP contribution in [-0.2, 0) is 14.3 Å². The molecule has 1 unspecified atom stereocenters. The molecular weight excluding hydrogens is 222 g/mol. The average molecular weight is 245 g/mol. The Bertz CT molecular complexity index is 265. The highest BCUT2D eigenvalue weighted by atomic mass is 16.5. The number of methoxy groups -OCH3 is 1. The number of ether oxygens (including phenoxy) is 1. The first-order valence-electron chi connectivity index (χ1n) is 5.87. The van der Waals surface area contributed by atoms with Crippen molar-refractivity contribution in [3.8, 4) is 0 Å². The molecule has 100 valence electrons. The summed E-state index contributed by atoms with van der Waals surface area (Å²) in [6, 6.07) is 0. The second-order valence-corrected chi connectivity index (χ2v) is 4.82. The number of aliphatic carboxylic acids is 1. The maximum absolute atomic E-state index is 11.2. The Morgan fingerprint density at radius 3 is 2.41 bits per heavy atom. The van der Waals surface area contributed by atoms with Gasteiger partial charge in [0.25, 0.3) is 0 Å². The third-order valence-electron chi connectivity index (χ3n) is 2.77. The topological polar surface area (TPSA) is 75.6 Å². The van der Waals surface area contributed by atoms with E-state index in [1.165, 1.54) is 7.11 Å². The van der Waals surface area contributed by atoms with Crippen LogP contribution in [0, 0.1) is 5.92 Å². The Hall–Kier alpha value is -1.10. The Kier molecular flexibility index (Phi) is 6.80. The molecule has 0 aliphatic heterocycles. The number of carboxylic acid groups (broad SMARTS) is 1. The first-order chi connectivity index (χ1) is 7.81. The van der Waals surface area contributed by atoms with Crippen molar-refractivity contribution in [3.05, 3.63) is 0 Å². The molecule has 0 aromatic heterocycles. The van der Waals surface area contributed by atoms with E-state index in [1.54, 1.807) is 6.92 Å². The van der Waals surface area contributed by atoms with E-state index in [1.807, 2.05) is 0 Å². The van der Waals surface area contributed by atoms with Crippen molar-refractivity contribution >= 4 is 11.9 Å². The minimum Gasteiger partial charge on any atom is -0.480 e. The number of carboxylic acids is 1. The van der Waals surface area contributed by atoms with Gasteiger partial charge in [-0.2, -0.15) is 0 Å². The first kappa shape index (κ1) is 15.9. The second kappa shape index (κ2) is 7.27. The summed E-state index contributed by atoms with van der Waals surface area (Å²) < 4.78 is 4.50. The summed E-state index contributed by atoms with van der Waals surface area (Å²) in [4.78, 5) is 22.1. The Labute approximate surface area is 103 Å². The molecule has 5 nitrogen and oxygen atoms in total. The number of esters is 1. The zero-order chi connectivity index (χ0) is 13.5. The molecule has 0 bridgehead atoms. The van der Waals surface area contributed by atoms with Crippen LogP contribution in [0.1, 0.15) is 40.0 Å². The number of nitrogens with one attached hydrogen (secondary N) is 1. The summed E-state index contributed by atoms with van der Waals surface area (Å²) in [5.41, 5.74) is -0.974. The van der Waals surface area contributed by atoms with Gasteiger partial charge in [0.1, 0.15) is 5.54 Å². The third kappa shape index (κ3) is 6.26. The van der Waals surface area contributed by atoms with Gasteiger partial charge in [0.15, 0.2) is 0 Å². The van der Waals surface area contributed by atoms with Gasteiger partial charge in [-0.05, 0) is 25.7 Å². The maximum atomic E-state index is 11.2. The normalized spacial score (nSPS) is 14.4. The van der Waals surface area contributed by atoms with E-state index < -0.39 is 11.5 Å². The zero-order valence-corrected chi connectivity index (χ0v) is 11.1. The first-order valence-corrected chi connectivity index (χ1v) is 5.87. The summed E-state index contributed by atoms with van der Waals surface area (Å²) in [6.07, 6.45) is 1.55. The monoisotopic (exact) mass is 245 g/mol. The molecule has 0 aliphatic carbocycles. The minimum atomic E-state index is -0.974. The molecule has 1 atom stereocenters. The minimum absolute atomic E-state index is 0.182. The molecule has 0 heterocycles. The van der Waals surface area contributed by atoms with Crippen molar-refractivity contribution in [2.75, 3.05) is 13.7 Å². The van der Waals surface area contributed by atoms with Crippen LogP contribution >= 0.6 is 0 Å². The lowest BCUT2D eigenvalue weighted by atomic mass is 9.92. The SMILES string of the molecule is COC(=O)CCNC(C)(CCC(C)C)C(=O)O. The van der Waals surface area contributed by atoms with Gasteiger partial charge < -0.3 is 15.2 Å². The third-order valence-corrected chi connectivity index (χ3v) is 2.77. The van der Waals surface area contributed by atoms with Crippen LogP contribution in [0.25, 0.3) is 0 Å². The number of hydrogen-bond donors (Lipinski definition) is 2. The van der Waals surface area contributed by atoms with Gasteiger partial charge in [-0.15, -0.1) is 0 Å². The van der Waals surface area contributed by atoms with E-state index in [2.05, 4.69) is 23.9 Å². The Morgan fingerprint density at radius 1 is 1.41 bits per heavy atom. The highest BCUT2D eigenvalue weighted by molar-refractivity contribution is 5.78. The fourth-order valence-electron chi connectivity index (χ4n) is 1.39. The molecular formula is C12H23NO4. The number of carbonyl (C=O) groups excluding carboxylic acids is 1. The van der Waals surface area contributed by atoms with Crippen molar-refractivity contribution in [1.82, 2.24) is 5.32 Å². The summed E-state index contributed by atoms with van der Waals surface area (Å²) in [7, 11) is 1.32. The molecule has 0 fully saturated rings.